The summed E-state index contributed by atoms with van der Waals surface area (Å²) >= 11 is 0. The van der Waals surface area contributed by atoms with E-state index in [0.29, 0.717) is 0 Å². The van der Waals surface area contributed by atoms with Crippen molar-refractivity contribution in [2.24, 2.45) is 0 Å². The van der Waals surface area contributed by atoms with Gasteiger partial charge in [-0.1, -0.05) is 19.1 Å². The SMILES string of the molecule is CCc1ccccn1.Cc1ccccn1. The van der Waals surface area contributed by atoms with E-state index in [9.17, 15) is 0 Å². The summed E-state index contributed by atoms with van der Waals surface area (Å²) in [5.41, 5.74) is 2.23. The highest BCUT2D eigenvalue weighted by Gasteiger charge is 1.81. The summed E-state index contributed by atoms with van der Waals surface area (Å²) < 4.78 is 0. The van der Waals surface area contributed by atoms with E-state index in [1.165, 1.54) is 0 Å². The van der Waals surface area contributed by atoms with Crippen molar-refractivity contribution in [3.63, 3.8) is 0 Å². The Morgan fingerprint density at radius 3 is 1.87 bits per heavy atom. The topological polar surface area (TPSA) is 25.8 Å². The monoisotopic (exact) mass is 200 g/mol. The predicted octanol–water partition coefficient (Wildman–Crippen LogP) is 3.03. The first-order chi connectivity index (χ1) is 7.33. The normalized spacial score (nSPS) is 8.93. The standard InChI is InChI=1S/C7H9N.C6H7N/c1-2-7-5-3-4-6-8-7;1-6-4-2-3-5-7-6/h3-6H,2H2,1H3;2-5H,1H3. The summed E-state index contributed by atoms with van der Waals surface area (Å²) in [5, 5.41) is 0. The zero-order valence-electron chi connectivity index (χ0n) is 9.22. The van der Waals surface area contributed by atoms with Crippen molar-refractivity contribution >= 4 is 0 Å². The Bertz CT molecular complexity index is 357. The molecule has 78 valence electrons. The van der Waals surface area contributed by atoms with Crippen LogP contribution in [0.5, 0.6) is 0 Å². The fraction of sp³-hybridized carbons (Fsp3) is 0.231. The van der Waals surface area contributed by atoms with Crippen LogP contribution in [0.2, 0.25) is 0 Å². The number of aromatic nitrogens is 2. The zero-order chi connectivity index (χ0) is 10.9. The molecule has 2 nitrogen and oxygen atoms in total. The maximum atomic E-state index is 4.10. The van der Waals surface area contributed by atoms with E-state index in [1.807, 2.05) is 49.5 Å². The third kappa shape index (κ3) is 4.91. The van der Waals surface area contributed by atoms with Gasteiger partial charge in [-0.25, -0.2) is 0 Å². The number of hydrogen-bond donors (Lipinski definition) is 0. The van der Waals surface area contributed by atoms with E-state index in [1.54, 1.807) is 6.20 Å². The van der Waals surface area contributed by atoms with Gasteiger partial charge in [-0.2, -0.15) is 0 Å². The molecule has 2 aromatic rings. The van der Waals surface area contributed by atoms with Crippen LogP contribution in [0, 0.1) is 6.92 Å². The average molecular weight is 200 g/mol. The Morgan fingerprint density at radius 1 is 0.933 bits per heavy atom. The van der Waals surface area contributed by atoms with E-state index >= 15 is 0 Å². The highest BCUT2D eigenvalue weighted by atomic mass is 14.7. The highest BCUT2D eigenvalue weighted by molar-refractivity contribution is 5.02. The van der Waals surface area contributed by atoms with Gasteiger partial charge >= 0.3 is 0 Å². The molecule has 0 aliphatic heterocycles. The molecule has 0 radical (unpaired) electrons. The lowest BCUT2D eigenvalue weighted by atomic mass is 10.3. The summed E-state index contributed by atoms with van der Waals surface area (Å²) in [7, 11) is 0. The molecule has 2 rings (SSSR count). The molecule has 0 saturated carbocycles. The van der Waals surface area contributed by atoms with Crippen LogP contribution < -0.4 is 0 Å². The number of nitrogens with zero attached hydrogens (tertiary/aromatic N) is 2. The van der Waals surface area contributed by atoms with Gasteiger partial charge in [0.2, 0.25) is 0 Å². The molecule has 0 amide bonds. The van der Waals surface area contributed by atoms with Crippen LogP contribution in [-0.4, -0.2) is 9.97 Å². The quantitative estimate of drug-likeness (QED) is 0.707. The fourth-order valence-electron chi connectivity index (χ4n) is 1.06. The summed E-state index contributed by atoms with van der Waals surface area (Å²) in [6.45, 7) is 4.07. The summed E-state index contributed by atoms with van der Waals surface area (Å²) in [5.74, 6) is 0. The number of pyridine rings is 2. The molecule has 0 aliphatic carbocycles. The van der Waals surface area contributed by atoms with Crippen LogP contribution in [0.4, 0.5) is 0 Å². The second-order valence-corrected chi connectivity index (χ2v) is 3.15. The molecule has 0 saturated heterocycles. The molecule has 15 heavy (non-hydrogen) atoms. The van der Waals surface area contributed by atoms with Crippen molar-refractivity contribution in [1.29, 1.82) is 0 Å². The van der Waals surface area contributed by atoms with E-state index < -0.39 is 0 Å². The number of hydrogen-bond acceptors (Lipinski definition) is 2. The molecule has 0 unspecified atom stereocenters. The van der Waals surface area contributed by atoms with Crippen LogP contribution in [0.3, 0.4) is 0 Å². The minimum atomic E-state index is 1.03. The number of rotatable bonds is 1. The first-order valence-electron chi connectivity index (χ1n) is 5.10. The third-order valence-electron chi connectivity index (χ3n) is 1.90. The molecule has 2 heteroatoms. The Morgan fingerprint density at radius 2 is 1.60 bits per heavy atom. The lowest BCUT2D eigenvalue weighted by Gasteiger charge is -1.88. The Hall–Kier alpha value is -1.70. The molecule has 0 N–H and O–H groups in total. The van der Waals surface area contributed by atoms with Crippen molar-refractivity contribution < 1.29 is 0 Å². The van der Waals surface area contributed by atoms with E-state index in [-0.39, 0.29) is 0 Å². The van der Waals surface area contributed by atoms with Gasteiger partial charge in [0.25, 0.3) is 0 Å². The van der Waals surface area contributed by atoms with Crippen molar-refractivity contribution in [3.05, 3.63) is 60.2 Å². The number of aryl methyl sites for hydroxylation is 2. The molecule has 2 heterocycles. The van der Waals surface area contributed by atoms with Crippen LogP contribution in [0.1, 0.15) is 18.3 Å². The lowest BCUT2D eigenvalue weighted by molar-refractivity contribution is 1.04. The van der Waals surface area contributed by atoms with Gasteiger partial charge in [-0.15, -0.1) is 0 Å². The highest BCUT2D eigenvalue weighted by Crippen LogP contribution is 1.91. The zero-order valence-corrected chi connectivity index (χ0v) is 9.22. The average Bonchev–Trinajstić information content (AvgIpc) is 2.32. The first kappa shape index (κ1) is 11.4. The second-order valence-electron chi connectivity index (χ2n) is 3.15. The maximum absolute atomic E-state index is 4.10. The van der Waals surface area contributed by atoms with Crippen LogP contribution in [0.15, 0.2) is 48.8 Å². The van der Waals surface area contributed by atoms with Gasteiger partial charge in [-0.05, 0) is 37.6 Å². The lowest BCUT2D eigenvalue weighted by Crippen LogP contribution is -1.81. The molecular weight excluding hydrogens is 184 g/mol. The smallest absolute Gasteiger partial charge is 0.0400 e. The molecular formula is C13H16N2. The molecule has 0 fully saturated rings. The molecule has 0 atom stereocenters. The summed E-state index contributed by atoms with van der Waals surface area (Å²) in [4.78, 5) is 8.08. The summed E-state index contributed by atoms with van der Waals surface area (Å²) in [6.07, 6.45) is 4.63. The molecule has 0 bridgehead atoms. The predicted molar refractivity (Wildman–Crippen MR) is 62.6 cm³/mol. The van der Waals surface area contributed by atoms with Crippen LogP contribution >= 0.6 is 0 Å². The second kappa shape index (κ2) is 6.71. The summed E-state index contributed by atoms with van der Waals surface area (Å²) in [6, 6.07) is 11.8. The van der Waals surface area contributed by atoms with Crippen LogP contribution in [-0.2, 0) is 6.42 Å². The van der Waals surface area contributed by atoms with Gasteiger partial charge in [-0.3, -0.25) is 9.97 Å². The van der Waals surface area contributed by atoms with Gasteiger partial charge in [0.1, 0.15) is 0 Å². The molecule has 0 aromatic carbocycles. The van der Waals surface area contributed by atoms with Gasteiger partial charge in [0.05, 0.1) is 0 Å². The van der Waals surface area contributed by atoms with Crippen molar-refractivity contribution in [3.8, 4) is 0 Å². The van der Waals surface area contributed by atoms with E-state index in [4.69, 9.17) is 0 Å². The maximum Gasteiger partial charge on any atom is 0.0400 e. The Balaban J connectivity index is 0.000000151. The van der Waals surface area contributed by atoms with E-state index in [2.05, 4.69) is 16.9 Å². The van der Waals surface area contributed by atoms with Crippen LogP contribution in [0.25, 0.3) is 0 Å². The van der Waals surface area contributed by atoms with Gasteiger partial charge in [0.15, 0.2) is 0 Å². The molecule has 0 aliphatic rings. The Labute approximate surface area is 91.0 Å². The largest absolute Gasteiger partial charge is 0.262 e. The first-order valence-corrected chi connectivity index (χ1v) is 5.10. The minimum Gasteiger partial charge on any atom is -0.262 e. The van der Waals surface area contributed by atoms with Crippen molar-refractivity contribution in [1.82, 2.24) is 9.97 Å². The molecule has 0 spiro atoms. The molecule has 2 aromatic heterocycles. The van der Waals surface area contributed by atoms with Gasteiger partial charge in [0, 0.05) is 23.8 Å². The van der Waals surface area contributed by atoms with Crippen molar-refractivity contribution in [2.75, 3.05) is 0 Å². The van der Waals surface area contributed by atoms with Gasteiger partial charge < -0.3 is 0 Å². The minimum absolute atomic E-state index is 1.03. The Kier molecular flexibility index (Phi) is 5.09. The van der Waals surface area contributed by atoms with E-state index in [0.717, 1.165) is 17.8 Å². The van der Waals surface area contributed by atoms with Crippen molar-refractivity contribution in [2.45, 2.75) is 20.3 Å². The third-order valence-corrected chi connectivity index (χ3v) is 1.90. The fourth-order valence-corrected chi connectivity index (χ4v) is 1.06.